The van der Waals surface area contributed by atoms with E-state index in [4.69, 9.17) is 0 Å². The molecule has 0 heterocycles. The topological polar surface area (TPSA) is 43.8 Å². The SMILES string of the molecule is CN(C)Cc1cc(C(=O)/C=C/c2ccccc2)cc(CN(C)C)c1O. The normalized spacial score (nSPS) is 11.6. The molecule has 0 fully saturated rings. The van der Waals surface area contributed by atoms with Gasteiger partial charge < -0.3 is 14.9 Å². The predicted octanol–water partition coefficient (Wildman–Crippen LogP) is 3.41. The zero-order valence-corrected chi connectivity index (χ0v) is 15.4. The van der Waals surface area contributed by atoms with E-state index in [9.17, 15) is 9.90 Å². The van der Waals surface area contributed by atoms with Gasteiger partial charge in [0.05, 0.1) is 0 Å². The Balaban J connectivity index is 2.34. The molecule has 0 radical (unpaired) electrons. The third-order valence-corrected chi connectivity index (χ3v) is 3.75. The third kappa shape index (κ3) is 5.55. The molecule has 0 bridgehead atoms. The second-order valence-electron chi connectivity index (χ2n) is 6.73. The smallest absolute Gasteiger partial charge is 0.185 e. The van der Waals surface area contributed by atoms with Gasteiger partial charge in [0.1, 0.15) is 5.75 Å². The number of benzene rings is 2. The van der Waals surface area contributed by atoms with E-state index in [1.807, 2.05) is 74.4 Å². The largest absolute Gasteiger partial charge is 0.507 e. The molecule has 0 saturated heterocycles. The molecule has 0 atom stereocenters. The number of allylic oxidation sites excluding steroid dienone is 1. The molecule has 4 nitrogen and oxygen atoms in total. The maximum atomic E-state index is 12.6. The van der Waals surface area contributed by atoms with Gasteiger partial charge in [-0.1, -0.05) is 36.4 Å². The molecule has 0 aliphatic carbocycles. The summed E-state index contributed by atoms with van der Waals surface area (Å²) in [5.41, 5.74) is 3.11. The van der Waals surface area contributed by atoms with Crippen molar-refractivity contribution in [2.24, 2.45) is 0 Å². The fraction of sp³-hybridized carbons (Fsp3) is 0.286. The first-order chi connectivity index (χ1) is 11.9. The summed E-state index contributed by atoms with van der Waals surface area (Å²) in [6.07, 6.45) is 3.40. The van der Waals surface area contributed by atoms with Crippen LogP contribution < -0.4 is 0 Å². The molecule has 0 unspecified atom stereocenters. The quantitative estimate of drug-likeness (QED) is 0.621. The van der Waals surface area contributed by atoms with Crippen molar-refractivity contribution in [3.05, 3.63) is 70.8 Å². The second kappa shape index (κ2) is 8.60. The zero-order chi connectivity index (χ0) is 18.4. The number of rotatable bonds is 7. The fourth-order valence-corrected chi connectivity index (χ4v) is 2.66. The summed E-state index contributed by atoms with van der Waals surface area (Å²) in [6, 6.07) is 13.3. The van der Waals surface area contributed by atoms with Gasteiger partial charge in [-0.3, -0.25) is 4.79 Å². The Kier molecular flexibility index (Phi) is 6.51. The maximum absolute atomic E-state index is 12.6. The Morgan fingerprint density at radius 1 is 0.960 bits per heavy atom. The number of nitrogens with zero attached hydrogens (tertiary/aromatic N) is 2. The third-order valence-electron chi connectivity index (χ3n) is 3.75. The average molecular weight is 338 g/mol. The number of hydrogen-bond donors (Lipinski definition) is 1. The van der Waals surface area contributed by atoms with Crippen molar-refractivity contribution >= 4 is 11.9 Å². The highest BCUT2D eigenvalue weighted by Crippen LogP contribution is 2.27. The van der Waals surface area contributed by atoms with Crippen LogP contribution in [0.25, 0.3) is 6.08 Å². The van der Waals surface area contributed by atoms with Crippen LogP contribution in [0.4, 0.5) is 0 Å². The number of hydrogen-bond acceptors (Lipinski definition) is 4. The maximum Gasteiger partial charge on any atom is 0.185 e. The average Bonchev–Trinajstić information content (AvgIpc) is 2.56. The Labute approximate surface area is 150 Å². The number of ketones is 1. The first kappa shape index (κ1) is 18.9. The summed E-state index contributed by atoms with van der Waals surface area (Å²) in [7, 11) is 7.76. The van der Waals surface area contributed by atoms with Gasteiger partial charge in [0.15, 0.2) is 5.78 Å². The second-order valence-corrected chi connectivity index (χ2v) is 6.73. The van der Waals surface area contributed by atoms with E-state index in [2.05, 4.69) is 0 Å². The molecule has 1 N–H and O–H groups in total. The standard InChI is InChI=1S/C21H26N2O2/c1-22(2)14-18-12-17(13-19(21(18)25)15-23(3)4)20(24)11-10-16-8-6-5-7-9-16/h5-13,25H,14-15H2,1-4H3/b11-10+. The van der Waals surface area contributed by atoms with E-state index in [0.717, 1.165) is 16.7 Å². The lowest BCUT2D eigenvalue weighted by Gasteiger charge is -2.17. The lowest BCUT2D eigenvalue weighted by Crippen LogP contribution is -2.15. The van der Waals surface area contributed by atoms with Crippen molar-refractivity contribution in [1.82, 2.24) is 9.80 Å². The van der Waals surface area contributed by atoms with Gasteiger partial charge in [0.25, 0.3) is 0 Å². The number of carbonyl (C=O) groups is 1. The number of phenolic OH excluding ortho intramolecular Hbond substituents is 1. The van der Waals surface area contributed by atoms with Gasteiger partial charge in [-0.05, 0) is 52.0 Å². The van der Waals surface area contributed by atoms with Crippen LogP contribution in [0.2, 0.25) is 0 Å². The van der Waals surface area contributed by atoms with Crippen LogP contribution in [0.5, 0.6) is 5.75 Å². The lowest BCUT2D eigenvalue weighted by molar-refractivity contribution is 0.104. The molecule has 0 aliphatic rings. The van der Waals surface area contributed by atoms with Crippen molar-refractivity contribution in [3.63, 3.8) is 0 Å². The lowest BCUT2D eigenvalue weighted by atomic mass is 10.00. The van der Waals surface area contributed by atoms with Crippen molar-refractivity contribution in [2.45, 2.75) is 13.1 Å². The van der Waals surface area contributed by atoms with Crippen molar-refractivity contribution in [2.75, 3.05) is 28.2 Å². The molecule has 0 spiro atoms. The fourth-order valence-electron chi connectivity index (χ4n) is 2.66. The predicted molar refractivity (Wildman–Crippen MR) is 103 cm³/mol. The minimum Gasteiger partial charge on any atom is -0.507 e. The Morgan fingerprint density at radius 3 is 1.96 bits per heavy atom. The summed E-state index contributed by atoms with van der Waals surface area (Å²) >= 11 is 0. The number of phenols is 1. The number of aromatic hydroxyl groups is 1. The highest BCUT2D eigenvalue weighted by molar-refractivity contribution is 6.07. The van der Waals surface area contributed by atoms with Gasteiger partial charge in [-0.15, -0.1) is 0 Å². The Bertz CT molecular complexity index is 719. The summed E-state index contributed by atoms with van der Waals surface area (Å²) in [5.74, 6) is 0.204. The first-order valence-corrected chi connectivity index (χ1v) is 8.28. The van der Waals surface area contributed by atoms with E-state index < -0.39 is 0 Å². The molecular formula is C21H26N2O2. The van der Waals surface area contributed by atoms with Crippen LogP contribution in [-0.2, 0) is 13.1 Å². The minimum absolute atomic E-state index is 0.0659. The molecule has 25 heavy (non-hydrogen) atoms. The Hall–Kier alpha value is -2.43. The summed E-state index contributed by atoms with van der Waals surface area (Å²) in [6.45, 7) is 1.16. The van der Waals surface area contributed by atoms with Crippen LogP contribution in [0.1, 0.15) is 27.0 Å². The minimum atomic E-state index is -0.0659. The van der Waals surface area contributed by atoms with E-state index in [0.29, 0.717) is 18.7 Å². The van der Waals surface area contributed by atoms with E-state index in [-0.39, 0.29) is 11.5 Å². The highest BCUT2D eigenvalue weighted by atomic mass is 16.3. The van der Waals surface area contributed by atoms with E-state index in [1.54, 1.807) is 18.2 Å². The van der Waals surface area contributed by atoms with Crippen molar-refractivity contribution in [3.8, 4) is 5.75 Å². The van der Waals surface area contributed by atoms with Gasteiger partial charge in [-0.25, -0.2) is 0 Å². The Morgan fingerprint density at radius 2 is 1.48 bits per heavy atom. The molecule has 0 aromatic heterocycles. The molecule has 0 amide bonds. The van der Waals surface area contributed by atoms with Crippen LogP contribution in [0, 0.1) is 0 Å². The molecule has 4 heteroatoms. The highest BCUT2D eigenvalue weighted by Gasteiger charge is 2.14. The summed E-state index contributed by atoms with van der Waals surface area (Å²) < 4.78 is 0. The number of carbonyl (C=O) groups excluding carboxylic acids is 1. The summed E-state index contributed by atoms with van der Waals surface area (Å²) in [4.78, 5) is 16.6. The van der Waals surface area contributed by atoms with Crippen LogP contribution in [0.3, 0.4) is 0 Å². The van der Waals surface area contributed by atoms with Crippen molar-refractivity contribution in [1.29, 1.82) is 0 Å². The first-order valence-electron chi connectivity index (χ1n) is 8.28. The molecule has 2 rings (SSSR count). The van der Waals surface area contributed by atoms with Crippen LogP contribution >= 0.6 is 0 Å². The van der Waals surface area contributed by atoms with Gasteiger partial charge in [0, 0.05) is 29.8 Å². The van der Waals surface area contributed by atoms with Gasteiger partial charge in [0.2, 0.25) is 0 Å². The zero-order valence-electron chi connectivity index (χ0n) is 15.4. The van der Waals surface area contributed by atoms with Crippen molar-refractivity contribution < 1.29 is 9.90 Å². The molecule has 0 saturated carbocycles. The molecular weight excluding hydrogens is 312 g/mol. The van der Waals surface area contributed by atoms with Crippen LogP contribution in [-0.4, -0.2) is 48.9 Å². The molecule has 2 aromatic carbocycles. The molecule has 132 valence electrons. The summed E-state index contributed by atoms with van der Waals surface area (Å²) in [5, 5.41) is 10.5. The monoisotopic (exact) mass is 338 g/mol. The van der Waals surface area contributed by atoms with E-state index >= 15 is 0 Å². The van der Waals surface area contributed by atoms with Gasteiger partial charge >= 0.3 is 0 Å². The molecule has 2 aromatic rings. The van der Waals surface area contributed by atoms with E-state index in [1.165, 1.54) is 0 Å². The van der Waals surface area contributed by atoms with Gasteiger partial charge in [-0.2, -0.15) is 0 Å². The molecule has 0 aliphatic heterocycles. The van der Waals surface area contributed by atoms with Crippen LogP contribution in [0.15, 0.2) is 48.5 Å².